The predicted molar refractivity (Wildman–Crippen MR) is 89.0 cm³/mol. The van der Waals surface area contributed by atoms with E-state index in [4.69, 9.17) is 4.74 Å². The van der Waals surface area contributed by atoms with Crippen molar-refractivity contribution in [2.45, 2.75) is 5.75 Å². The van der Waals surface area contributed by atoms with Crippen LogP contribution in [0.5, 0.6) is 11.5 Å². The Kier molecular flexibility index (Phi) is 4.66. The zero-order chi connectivity index (χ0) is 13.6. The summed E-state index contributed by atoms with van der Waals surface area (Å²) in [6.07, 6.45) is 0. The van der Waals surface area contributed by atoms with Gasteiger partial charge in [-0.05, 0) is 29.8 Å². The first-order valence-electron chi connectivity index (χ1n) is 6.52. The van der Waals surface area contributed by atoms with Crippen LogP contribution in [0.1, 0.15) is 5.56 Å². The van der Waals surface area contributed by atoms with Crippen LogP contribution < -0.4 is 4.74 Å². The zero-order valence-electron chi connectivity index (χ0n) is 11.0. The summed E-state index contributed by atoms with van der Waals surface area (Å²) in [5, 5.41) is 0. The van der Waals surface area contributed by atoms with Crippen LogP contribution in [0.3, 0.4) is 0 Å². The summed E-state index contributed by atoms with van der Waals surface area (Å²) in [5.41, 5.74) is 1.26. The third-order valence-electron chi connectivity index (χ3n) is 2.80. The molecule has 2 aromatic rings. The summed E-state index contributed by atoms with van der Waals surface area (Å²) >= 11 is 3.66. The highest BCUT2D eigenvalue weighted by atomic mass is 32.2. The number of para-hydroxylation sites is 1. The summed E-state index contributed by atoms with van der Waals surface area (Å²) < 4.78 is 7.05. The second-order valence-corrected chi connectivity index (χ2v) is 6.65. The van der Waals surface area contributed by atoms with Crippen molar-refractivity contribution in [1.82, 2.24) is 0 Å². The predicted octanol–water partition coefficient (Wildman–Crippen LogP) is 4.81. The van der Waals surface area contributed by atoms with E-state index in [0.717, 1.165) is 29.5 Å². The Bertz CT molecular complexity index is 598. The summed E-state index contributed by atoms with van der Waals surface area (Å²) in [7, 11) is 0. The Morgan fingerprint density at radius 2 is 1.90 bits per heavy atom. The van der Waals surface area contributed by atoms with Gasteiger partial charge in [-0.25, -0.2) is 0 Å². The first-order valence-corrected chi connectivity index (χ1v) is 8.49. The van der Waals surface area contributed by atoms with Crippen LogP contribution >= 0.6 is 23.5 Å². The zero-order valence-corrected chi connectivity index (χ0v) is 12.6. The highest BCUT2D eigenvalue weighted by molar-refractivity contribution is 8.38. The van der Waals surface area contributed by atoms with Crippen LogP contribution in [0, 0.1) is 0 Å². The normalized spacial score (nSPS) is 14.1. The van der Waals surface area contributed by atoms with E-state index >= 15 is 0 Å². The third kappa shape index (κ3) is 3.81. The smallest absolute Gasteiger partial charge is 0.127 e. The second-order valence-electron chi connectivity index (χ2n) is 4.35. The molecule has 0 atom stereocenters. The molecule has 1 aliphatic rings. The van der Waals surface area contributed by atoms with Gasteiger partial charge in [0.05, 0.1) is 6.54 Å². The molecule has 0 amide bonds. The largest absolute Gasteiger partial charge is 0.457 e. The lowest BCUT2D eigenvalue weighted by Gasteiger charge is -2.07. The van der Waals surface area contributed by atoms with Crippen LogP contribution in [0.2, 0.25) is 0 Å². The monoisotopic (exact) mass is 301 g/mol. The van der Waals surface area contributed by atoms with Crippen LogP contribution in [-0.4, -0.2) is 16.7 Å². The second kappa shape index (κ2) is 6.86. The van der Waals surface area contributed by atoms with Gasteiger partial charge in [0, 0.05) is 11.5 Å². The van der Waals surface area contributed by atoms with E-state index in [2.05, 4.69) is 17.1 Å². The van der Waals surface area contributed by atoms with E-state index in [1.54, 1.807) is 0 Å². The maximum absolute atomic E-state index is 5.85. The highest BCUT2D eigenvalue weighted by Crippen LogP contribution is 2.27. The van der Waals surface area contributed by atoms with Gasteiger partial charge in [-0.1, -0.05) is 53.9 Å². The molecule has 2 aromatic carbocycles. The minimum Gasteiger partial charge on any atom is -0.457 e. The molecule has 3 rings (SSSR count). The molecule has 2 nitrogen and oxygen atoms in total. The molecule has 0 aromatic heterocycles. The molecule has 0 N–H and O–H groups in total. The van der Waals surface area contributed by atoms with Crippen LogP contribution in [0.4, 0.5) is 0 Å². The standard InChI is InChI=1S/C16H15NOS2/c1-2-6-14(7-3-1)18-15-8-4-5-13(11-15)12-20-16-17-9-10-19-16/h1-8,11H,9-10,12H2. The summed E-state index contributed by atoms with van der Waals surface area (Å²) in [6.45, 7) is 0.962. The lowest BCUT2D eigenvalue weighted by molar-refractivity contribution is 0.482. The molecule has 0 saturated heterocycles. The van der Waals surface area contributed by atoms with E-state index < -0.39 is 0 Å². The molecular weight excluding hydrogens is 286 g/mol. The first kappa shape index (κ1) is 13.6. The fourth-order valence-electron chi connectivity index (χ4n) is 1.87. The van der Waals surface area contributed by atoms with Crippen molar-refractivity contribution in [3.63, 3.8) is 0 Å². The van der Waals surface area contributed by atoms with Crippen molar-refractivity contribution in [3.8, 4) is 11.5 Å². The van der Waals surface area contributed by atoms with Gasteiger partial charge in [0.15, 0.2) is 0 Å². The lowest BCUT2D eigenvalue weighted by atomic mass is 10.2. The van der Waals surface area contributed by atoms with Crippen molar-refractivity contribution in [1.29, 1.82) is 0 Å². The van der Waals surface area contributed by atoms with Crippen LogP contribution in [-0.2, 0) is 5.75 Å². The number of aliphatic imine (C=N–C) groups is 1. The number of rotatable bonds is 4. The Hall–Kier alpha value is -1.39. The highest BCUT2D eigenvalue weighted by Gasteiger charge is 2.08. The summed E-state index contributed by atoms with van der Waals surface area (Å²) in [5.74, 6) is 3.82. The average molecular weight is 301 g/mol. The molecule has 0 saturated carbocycles. The number of ether oxygens (including phenoxy) is 1. The number of hydrogen-bond acceptors (Lipinski definition) is 4. The molecule has 0 unspecified atom stereocenters. The number of hydrogen-bond donors (Lipinski definition) is 0. The molecule has 20 heavy (non-hydrogen) atoms. The number of nitrogens with zero attached hydrogens (tertiary/aromatic N) is 1. The third-order valence-corrected chi connectivity index (χ3v) is 5.12. The quantitative estimate of drug-likeness (QED) is 0.808. The van der Waals surface area contributed by atoms with E-state index in [0.29, 0.717) is 0 Å². The molecule has 102 valence electrons. The van der Waals surface area contributed by atoms with Crippen LogP contribution in [0.15, 0.2) is 59.6 Å². The van der Waals surface area contributed by atoms with Gasteiger partial charge in [-0.3, -0.25) is 4.99 Å². The van der Waals surface area contributed by atoms with E-state index in [1.807, 2.05) is 66.0 Å². The Balaban J connectivity index is 1.63. The number of thioether (sulfide) groups is 2. The molecule has 0 aliphatic carbocycles. The molecule has 0 bridgehead atoms. The first-order chi connectivity index (χ1) is 9.90. The topological polar surface area (TPSA) is 21.6 Å². The molecule has 0 fully saturated rings. The lowest BCUT2D eigenvalue weighted by Crippen LogP contribution is -1.88. The van der Waals surface area contributed by atoms with Crippen LogP contribution in [0.25, 0.3) is 0 Å². The van der Waals surface area contributed by atoms with Gasteiger partial charge in [-0.15, -0.1) is 0 Å². The fraction of sp³-hybridized carbons (Fsp3) is 0.188. The molecule has 1 heterocycles. The van der Waals surface area contributed by atoms with Gasteiger partial charge < -0.3 is 4.74 Å². The van der Waals surface area contributed by atoms with Gasteiger partial charge >= 0.3 is 0 Å². The molecule has 0 radical (unpaired) electrons. The minimum absolute atomic E-state index is 0.869. The maximum atomic E-state index is 5.85. The van der Waals surface area contributed by atoms with E-state index in [-0.39, 0.29) is 0 Å². The SMILES string of the molecule is c1ccc(Oc2cccc(CSC3=NCCS3)c2)cc1. The van der Waals surface area contributed by atoms with Gasteiger partial charge in [-0.2, -0.15) is 0 Å². The van der Waals surface area contributed by atoms with Crippen molar-refractivity contribution in [2.75, 3.05) is 12.3 Å². The van der Waals surface area contributed by atoms with Gasteiger partial charge in [0.2, 0.25) is 0 Å². The molecular formula is C16H15NOS2. The van der Waals surface area contributed by atoms with Crippen molar-refractivity contribution in [3.05, 3.63) is 60.2 Å². The molecule has 0 spiro atoms. The Morgan fingerprint density at radius 3 is 2.70 bits per heavy atom. The number of benzene rings is 2. The molecule has 4 heteroatoms. The maximum Gasteiger partial charge on any atom is 0.127 e. The van der Waals surface area contributed by atoms with Gasteiger partial charge in [0.25, 0.3) is 0 Å². The van der Waals surface area contributed by atoms with E-state index in [9.17, 15) is 0 Å². The van der Waals surface area contributed by atoms with Gasteiger partial charge in [0.1, 0.15) is 15.9 Å². The average Bonchev–Trinajstić information content (AvgIpc) is 3.00. The molecule has 1 aliphatic heterocycles. The van der Waals surface area contributed by atoms with Crippen molar-refractivity contribution < 1.29 is 4.74 Å². The Labute approximate surface area is 127 Å². The fourth-order valence-corrected chi connectivity index (χ4v) is 3.82. The summed E-state index contributed by atoms with van der Waals surface area (Å²) in [4.78, 5) is 4.45. The van der Waals surface area contributed by atoms with E-state index in [1.165, 1.54) is 9.94 Å². The Morgan fingerprint density at radius 1 is 1.05 bits per heavy atom. The van der Waals surface area contributed by atoms with Crippen molar-refractivity contribution >= 4 is 27.9 Å². The summed E-state index contributed by atoms with van der Waals surface area (Å²) in [6, 6.07) is 18.1. The minimum atomic E-state index is 0.869. The van der Waals surface area contributed by atoms with Crippen molar-refractivity contribution in [2.24, 2.45) is 4.99 Å².